The first kappa shape index (κ1) is 35.9. The number of rotatable bonds is 2. The van der Waals surface area contributed by atoms with Gasteiger partial charge in [-0.2, -0.15) is 0 Å². The monoisotopic (exact) mass is 798 g/mol. The van der Waals surface area contributed by atoms with Gasteiger partial charge in [-0.05, 0) is 96.7 Å². The van der Waals surface area contributed by atoms with E-state index in [-0.39, 0.29) is 23.1 Å². The van der Waals surface area contributed by atoms with Crippen molar-refractivity contribution in [2.24, 2.45) is 0 Å². The van der Waals surface area contributed by atoms with Crippen molar-refractivity contribution in [3.8, 4) is 33.4 Å². The van der Waals surface area contributed by atoms with Gasteiger partial charge in [-0.3, -0.25) is 0 Å². The van der Waals surface area contributed by atoms with Crippen LogP contribution in [0.1, 0.15) is 76.3 Å². The van der Waals surface area contributed by atoms with Crippen molar-refractivity contribution in [2.45, 2.75) is 64.7 Å². The number of hydrogen-bond acceptors (Lipinski definition) is 3. The maximum absolute atomic E-state index is 6.99. The number of nitrogens with zero attached hydrogens (tertiary/aromatic N) is 2. The molecule has 8 aromatic carbocycles. The summed E-state index contributed by atoms with van der Waals surface area (Å²) in [5.74, 6) is 0. The maximum atomic E-state index is 6.99. The SMILES string of the molecule is CC(C)(C)c1ccc(N2c3cc4c(cc3B3c5c2cc2oc6ccccc6c2c5-c2cccc5c2N3c2ccccc2C5(C)C)-c2ccccc2C4(C)C)c(-c2ccccc2)c1. The first-order valence-electron chi connectivity index (χ1n) is 22.2. The molecule has 0 fully saturated rings. The molecule has 1 aliphatic carbocycles. The lowest BCUT2D eigenvalue weighted by molar-refractivity contribution is 0.590. The van der Waals surface area contributed by atoms with Gasteiger partial charge in [0.25, 0.3) is 0 Å². The Balaban J connectivity index is 1.24. The lowest BCUT2D eigenvalue weighted by Crippen LogP contribution is -2.63. The van der Waals surface area contributed by atoms with E-state index in [1.807, 2.05) is 0 Å². The number of fused-ring (bicyclic) bond motifs is 13. The minimum atomic E-state index is -0.213. The Hall–Kier alpha value is -6.78. The van der Waals surface area contributed by atoms with Gasteiger partial charge in [-0.25, -0.2) is 0 Å². The molecule has 0 N–H and O–H groups in total. The number of hydrogen-bond donors (Lipinski definition) is 0. The van der Waals surface area contributed by atoms with Crippen molar-refractivity contribution >= 4 is 68.1 Å². The summed E-state index contributed by atoms with van der Waals surface area (Å²) in [4.78, 5) is 5.33. The normalized spacial score (nSPS) is 15.8. The van der Waals surface area contributed by atoms with Crippen molar-refractivity contribution < 1.29 is 4.42 Å². The molecule has 0 amide bonds. The summed E-state index contributed by atoms with van der Waals surface area (Å²) >= 11 is 0. The summed E-state index contributed by atoms with van der Waals surface area (Å²) in [6, 6.07) is 59.6. The van der Waals surface area contributed by atoms with E-state index in [0.717, 1.165) is 27.9 Å². The zero-order valence-electron chi connectivity index (χ0n) is 36.4. The zero-order chi connectivity index (χ0) is 42.0. The van der Waals surface area contributed by atoms with E-state index in [4.69, 9.17) is 4.42 Å². The van der Waals surface area contributed by atoms with Gasteiger partial charge in [0.2, 0.25) is 0 Å². The topological polar surface area (TPSA) is 19.6 Å². The third-order valence-electron chi connectivity index (χ3n) is 15.0. The lowest BCUT2D eigenvalue weighted by Gasteiger charge is -2.51. The predicted octanol–water partition coefficient (Wildman–Crippen LogP) is 14.2. The molecule has 9 aromatic rings. The van der Waals surface area contributed by atoms with Crippen molar-refractivity contribution in [3.05, 3.63) is 186 Å². The zero-order valence-corrected chi connectivity index (χ0v) is 36.4. The summed E-state index contributed by atoms with van der Waals surface area (Å²) in [5, 5.41) is 2.35. The highest BCUT2D eigenvalue weighted by Gasteiger charge is 2.52. The highest BCUT2D eigenvalue weighted by Crippen LogP contribution is 2.59. The van der Waals surface area contributed by atoms with Crippen LogP contribution in [0.2, 0.25) is 0 Å². The molecule has 0 saturated heterocycles. The highest BCUT2D eigenvalue weighted by atomic mass is 16.3. The van der Waals surface area contributed by atoms with Gasteiger partial charge in [0, 0.05) is 61.5 Å². The standard InChI is InChI=1S/C58H47BN2O/c1-56(2,3)35-28-29-46(39(30-35)34-18-9-8-10-19-34)60-48-32-44-40(36-20-11-13-23-41(36)57(44,4)5)31-45(48)59-54-49(60)33-51-52(37-21-12-16-27-50(37)62-51)53(54)38-22-17-25-43-55(38)61(59)47-26-15-14-24-42(47)58(43,6)7/h8-33H,1-7H3. The highest BCUT2D eigenvalue weighted by molar-refractivity contribution is 6.94. The van der Waals surface area contributed by atoms with Crippen molar-refractivity contribution in [3.63, 3.8) is 0 Å². The summed E-state index contributed by atoms with van der Waals surface area (Å²) in [5.41, 5.74) is 24.5. The van der Waals surface area contributed by atoms with Crippen LogP contribution >= 0.6 is 0 Å². The minimum absolute atomic E-state index is 0.0349. The third-order valence-corrected chi connectivity index (χ3v) is 15.0. The Labute approximate surface area is 364 Å². The smallest absolute Gasteiger partial charge is 0.333 e. The fourth-order valence-electron chi connectivity index (χ4n) is 11.9. The van der Waals surface area contributed by atoms with Crippen LogP contribution in [-0.4, -0.2) is 6.85 Å². The van der Waals surface area contributed by atoms with Gasteiger partial charge in [0.15, 0.2) is 0 Å². The maximum Gasteiger partial charge on any atom is 0.333 e. The number of para-hydroxylation sites is 3. The van der Waals surface area contributed by atoms with Crippen LogP contribution in [0.15, 0.2) is 162 Å². The fourth-order valence-corrected chi connectivity index (χ4v) is 11.9. The first-order chi connectivity index (χ1) is 29.9. The quantitative estimate of drug-likeness (QED) is 0.162. The van der Waals surface area contributed by atoms with Crippen LogP contribution < -0.4 is 20.6 Å². The summed E-state index contributed by atoms with van der Waals surface area (Å²) in [7, 11) is 0. The molecule has 3 nitrogen and oxygen atoms in total. The predicted molar refractivity (Wildman–Crippen MR) is 261 cm³/mol. The first-order valence-corrected chi connectivity index (χ1v) is 22.2. The molecule has 4 heterocycles. The Kier molecular flexibility index (Phi) is 6.94. The van der Waals surface area contributed by atoms with E-state index in [9.17, 15) is 0 Å². The van der Waals surface area contributed by atoms with Crippen LogP contribution in [0.5, 0.6) is 0 Å². The second kappa shape index (κ2) is 12.0. The Morgan fingerprint density at radius 2 is 1.19 bits per heavy atom. The molecule has 0 bridgehead atoms. The molecule has 4 heteroatoms. The van der Waals surface area contributed by atoms with Crippen LogP contribution in [0.25, 0.3) is 55.3 Å². The Bertz CT molecular complexity index is 3420. The fraction of sp³-hybridized carbons (Fsp3) is 0.172. The van der Waals surface area contributed by atoms with Crippen molar-refractivity contribution in [1.29, 1.82) is 0 Å². The summed E-state index contributed by atoms with van der Waals surface area (Å²) in [6.45, 7) is 16.4. The molecule has 4 aliphatic rings. The van der Waals surface area contributed by atoms with Crippen LogP contribution in [0, 0.1) is 0 Å². The number of furan rings is 1. The second-order valence-electron chi connectivity index (χ2n) is 20.1. The van der Waals surface area contributed by atoms with Gasteiger partial charge in [-0.15, -0.1) is 0 Å². The molecular formula is C58H47BN2O. The Morgan fingerprint density at radius 1 is 0.500 bits per heavy atom. The molecule has 3 aliphatic heterocycles. The molecule has 62 heavy (non-hydrogen) atoms. The molecule has 0 unspecified atom stereocenters. The van der Waals surface area contributed by atoms with E-state index < -0.39 is 0 Å². The molecular weight excluding hydrogens is 751 g/mol. The third kappa shape index (κ3) is 4.52. The molecule has 1 aromatic heterocycles. The Morgan fingerprint density at radius 3 is 2.02 bits per heavy atom. The van der Waals surface area contributed by atoms with E-state index in [1.165, 1.54) is 94.6 Å². The van der Waals surface area contributed by atoms with E-state index >= 15 is 0 Å². The van der Waals surface area contributed by atoms with Gasteiger partial charge in [0.1, 0.15) is 11.2 Å². The van der Waals surface area contributed by atoms with E-state index in [1.54, 1.807) is 0 Å². The van der Waals surface area contributed by atoms with E-state index in [2.05, 4.69) is 216 Å². The number of anilines is 5. The number of benzene rings is 8. The van der Waals surface area contributed by atoms with Gasteiger partial charge < -0.3 is 14.1 Å². The minimum Gasteiger partial charge on any atom is -0.456 e. The molecule has 0 spiro atoms. The average Bonchev–Trinajstić information content (AvgIpc) is 3.76. The van der Waals surface area contributed by atoms with E-state index in [0.29, 0.717) is 0 Å². The molecule has 0 radical (unpaired) electrons. The van der Waals surface area contributed by atoms with Gasteiger partial charge >= 0.3 is 6.85 Å². The molecule has 298 valence electrons. The average molecular weight is 799 g/mol. The van der Waals surface area contributed by atoms with Crippen LogP contribution in [0.3, 0.4) is 0 Å². The second-order valence-corrected chi connectivity index (χ2v) is 20.1. The molecule has 0 atom stereocenters. The van der Waals surface area contributed by atoms with Crippen molar-refractivity contribution in [1.82, 2.24) is 0 Å². The lowest BCUT2D eigenvalue weighted by atomic mass is 9.42. The van der Waals surface area contributed by atoms with Crippen LogP contribution in [0.4, 0.5) is 28.4 Å². The van der Waals surface area contributed by atoms with Gasteiger partial charge in [0.05, 0.1) is 5.69 Å². The largest absolute Gasteiger partial charge is 0.456 e. The van der Waals surface area contributed by atoms with Gasteiger partial charge in [-0.1, -0.05) is 170 Å². The molecule has 0 saturated carbocycles. The van der Waals surface area contributed by atoms with Crippen molar-refractivity contribution in [2.75, 3.05) is 9.71 Å². The summed E-state index contributed by atoms with van der Waals surface area (Å²) < 4.78 is 6.99. The summed E-state index contributed by atoms with van der Waals surface area (Å²) in [6.07, 6.45) is 0. The van der Waals surface area contributed by atoms with Crippen LogP contribution in [-0.2, 0) is 16.2 Å². The molecule has 13 rings (SSSR count).